The lowest BCUT2D eigenvalue weighted by molar-refractivity contribution is 0.102. The number of carbonyl (C=O) groups excluding carboxylic acids is 1. The van der Waals surface area contributed by atoms with Gasteiger partial charge in [0.05, 0.1) is 11.3 Å². The maximum Gasteiger partial charge on any atom is 0.258 e. The normalized spacial score (nSPS) is 10.5. The fourth-order valence-corrected chi connectivity index (χ4v) is 2.25. The Labute approximate surface area is 137 Å². The van der Waals surface area contributed by atoms with E-state index in [4.69, 9.17) is 0 Å². The molecule has 0 aliphatic heterocycles. The van der Waals surface area contributed by atoms with E-state index in [0.29, 0.717) is 23.3 Å². The van der Waals surface area contributed by atoms with Gasteiger partial charge in [-0.3, -0.25) is 4.79 Å². The molecule has 4 nitrogen and oxygen atoms in total. The first-order valence-electron chi connectivity index (χ1n) is 7.19. The Kier molecular flexibility index (Phi) is 4.29. The van der Waals surface area contributed by atoms with Gasteiger partial charge < -0.3 is 5.32 Å². The summed E-state index contributed by atoms with van der Waals surface area (Å²) in [5.74, 6) is -1.65. The van der Waals surface area contributed by atoms with Crippen LogP contribution in [0.3, 0.4) is 0 Å². The van der Waals surface area contributed by atoms with Crippen LogP contribution in [0.5, 0.6) is 0 Å². The minimum Gasteiger partial charge on any atom is -0.322 e. The van der Waals surface area contributed by atoms with Crippen LogP contribution in [0.4, 0.5) is 14.5 Å². The average Bonchev–Trinajstić information content (AvgIpc) is 2.55. The summed E-state index contributed by atoms with van der Waals surface area (Å²) in [6.45, 7) is 1.78. The Hall–Kier alpha value is -3.15. The van der Waals surface area contributed by atoms with Crippen LogP contribution in [0, 0.1) is 18.6 Å². The fraction of sp³-hybridized carbons (Fsp3) is 0.0556. The molecule has 0 saturated heterocycles. The predicted molar refractivity (Wildman–Crippen MR) is 86.5 cm³/mol. The number of nitrogens with zero attached hydrogens (tertiary/aromatic N) is 2. The Morgan fingerprint density at radius 1 is 1.08 bits per heavy atom. The van der Waals surface area contributed by atoms with E-state index in [2.05, 4.69) is 15.3 Å². The standard InChI is InChI=1S/C18H13F2N3O/c1-11-21-8-7-17(22-11)12-3-2-4-14(9-12)23-18(24)15-6-5-13(19)10-16(15)20/h2-10H,1H3,(H,23,24). The number of aromatic nitrogens is 2. The number of nitrogens with one attached hydrogen (secondary N) is 1. The molecular formula is C18H13F2N3O. The summed E-state index contributed by atoms with van der Waals surface area (Å²) in [7, 11) is 0. The SMILES string of the molecule is Cc1nccc(-c2cccc(NC(=O)c3ccc(F)cc3F)c2)n1. The van der Waals surface area contributed by atoms with E-state index in [1.165, 1.54) is 0 Å². The highest BCUT2D eigenvalue weighted by molar-refractivity contribution is 6.04. The zero-order chi connectivity index (χ0) is 17.1. The second kappa shape index (κ2) is 6.54. The molecule has 6 heteroatoms. The third kappa shape index (κ3) is 3.43. The molecule has 0 unspecified atom stereocenters. The molecule has 1 amide bonds. The Morgan fingerprint density at radius 2 is 1.92 bits per heavy atom. The van der Waals surface area contributed by atoms with E-state index in [1.807, 2.05) is 6.07 Å². The maximum atomic E-state index is 13.7. The lowest BCUT2D eigenvalue weighted by Gasteiger charge is -2.08. The highest BCUT2D eigenvalue weighted by Crippen LogP contribution is 2.21. The number of hydrogen-bond donors (Lipinski definition) is 1. The van der Waals surface area contributed by atoms with Crippen molar-refractivity contribution in [3.63, 3.8) is 0 Å². The molecule has 0 radical (unpaired) electrons. The molecule has 1 N–H and O–H groups in total. The zero-order valence-electron chi connectivity index (χ0n) is 12.8. The highest BCUT2D eigenvalue weighted by atomic mass is 19.1. The minimum absolute atomic E-state index is 0.223. The lowest BCUT2D eigenvalue weighted by atomic mass is 10.1. The number of benzene rings is 2. The minimum atomic E-state index is -0.907. The third-order valence-electron chi connectivity index (χ3n) is 3.37. The molecule has 0 atom stereocenters. The zero-order valence-corrected chi connectivity index (χ0v) is 12.8. The molecule has 2 aromatic carbocycles. The van der Waals surface area contributed by atoms with E-state index in [9.17, 15) is 13.6 Å². The van der Waals surface area contributed by atoms with Crippen molar-refractivity contribution >= 4 is 11.6 Å². The number of hydrogen-bond acceptors (Lipinski definition) is 3. The van der Waals surface area contributed by atoms with Crippen molar-refractivity contribution in [2.75, 3.05) is 5.32 Å². The van der Waals surface area contributed by atoms with Gasteiger partial charge in [-0.15, -0.1) is 0 Å². The molecular weight excluding hydrogens is 312 g/mol. The first kappa shape index (κ1) is 15.7. The van der Waals surface area contributed by atoms with Crippen LogP contribution in [0.2, 0.25) is 0 Å². The van der Waals surface area contributed by atoms with Crippen molar-refractivity contribution in [1.82, 2.24) is 9.97 Å². The molecule has 0 bridgehead atoms. The van der Waals surface area contributed by atoms with Gasteiger partial charge in [0, 0.05) is 23.5 Å². The van der Waals surface area contributed by atoms with Gasteiger partial charge in [0.2, 0.25) is 0 Å². The van der Waals surface area contributed by atoms with Crippen LogP contribution >= 0.6 is 0 Å². The van der Waals surface area contributed by atoms with Crippen molar-refractivity contribution < 1.29 is 13.6 Å². The largest absolute Gasteiger partial charge is 0.322 e. The van der Waals surface area contributed by atoms with Crippen LogP contribution in [-0.4, -0.2) is 15.9 Å². The molecule has 0 spiro atoms. The molecule has 0 fully saturated rings. The number of halogens is 2. The Bertz CT molecular complexity index is 912. The van der Waals surface area contributed by atoms with Crippen molar-refractivity contribution in [3.8, 4) is 11.3 Å². The second-order valence-electron chi connectivity index (χ2n) is 5.15. The number of rotatable bonds is 3. The monoisotopic (exact) mass is 325 g/mol. The summed E-state index contributed by atoms with van der Waals surface area (Å²) >= 11 is 0. The maximum absolute atomic E-state index is 13.7. The summed E-state index contributed by atoms with van der Waals surface area (Å²) in [4.78, 5) is 20.5. The topological polar surface area (TPSA) is 54.9 Å². The van der Waals surface area contributed by atoms with Crippen LogP contribution in [0.25, 0.3) is 11.3 Å². The first-order chi connectivity index (χ1) is 11.5. The molecule has 3 rings (SSSR count). The smallest absolute Gasteiger partial charge is 0.258 e. The molecule has 24 heavy (non-hydrogen) atoms. The van der Waals surface area contributed by atoms with Crippen molar-refractivity contribution in [2.24, 2.45) is 0 Å². The summed E-state index contributed by atoms with van der Waals surface area (Å²) in [6.07, 6.45) is 1.65. The molecule has 3 aromatic rings. The molecule has 0 aliphatic carbocycles. The van der Waals surface area contributed by atoms with Gasteiger partial charge in [-0.05, 0) is 37.3 Å². The van der Waals surface area contributed by atoms with Crippen LogP contribution in [-0.2, 0) is 0 Å². The first-order valence-corrected chi connectivity index (χ1v) is 7.19. The second-order valence-corrected chi connectivity index (χ2v) is 5.15. The van der Waals surface area contributed by atoms with Crippen molar-refractivity contribution in [2.45, 2.75) is 6.92 Å². The third-order valence-corrected chi connectivity index (χ3v) is 3.37. The van der Waals surface area contributed by atoms with Gasteiger partial charge in [-0.25, -0.2) is 18.7 Å². The van der Waals surface area contributed by atoms with Crippen molar-refractivity contribution in [3.05, 3.63) is 77.8 Å². The van der Waals surface area contributed by atoms with Gasteiger partial charge in [0.25, 0.3) is 5.91 Å². The van der Waals surface area contributed by atoms with Gasteiger partial charge >= 0.3 is 0 Å². The number of amides is 1. The molecule has 1 aromatic heterocycles. The van der Waals surface area contributed by atoms with E-state index < -0.39 is 17.5 Å². The Morgan fingerprint density at radius 3 is 2.67 bits per heavy atom. The van der Waals surface area contributed by atoms with E-state index in [-0.39, 0.29) is 5.56 Å². The fourth-order valence-electron chi connectivity index (χ4n) is 2.25. The molecule has 120 valence electrons. The van der Waals surface area contributed by atoms with Crippen molar-refractivity contribution in [1.29, 1.82) is 0 Å². The Balaban J connectivity index is 1.85. The van der Waals surface area contributed by atoms with Gasteiger partial charge in [-0.1, -0.05) is 12.1 Å². The van der Waals surface area contributed by atoms with E-state index in [0.717, 1.165) is 17.7 Å². The van der Waals surface area contributed by atoms with Crippen LogP contribution in [0.1, 0.15) is 16.2 Å². The van der Waals surface area contributed by atoms with Gasteiger partial charge in [0.15, 0.2) is 0 Å². The van der Waals surface area contributed by atoms with Crippen LogP contribution < -0.4 is 5.32 Å². The predicted octanol–water partition coefficient (Wildman–Crippen LogP) is 3.98. The quantitative estimate of drug-likeness (QED) is 0.792. The summed E-state index contributed by atoms with van der Waals surface area (Å²) < 4.78 is 26.6. The number of aryl methyl sites for hydroxylation is 1. The van der Waals surface area contributed by atoms with Crippen LogP contribution in [0.15, 0.2) is 54.7 Å². The summed E-state index contributed by atoms with van der Waals surface area (Å²) in [5, 5.41) is 2.60. The van der Waals surface area contributed by atoms with E-state index in [1.54, 1.807) is 37.4 Å². The number of carbonyl (C=O) groups is 1. The lowest BCUT2D eigenvalue weighted by Crippen LogP contribution is -2.14. The number of anilines is 1. The van der Waals surface area contributed by atoms with Gasteiger partial charge in [0.1, 0.15) is 17.5 Å². The summed E-state index contributed by atoms with van der Waals surface area (Å²) in [5.41, 5.74) is 1.77. The molecule has 1 heterocycles. The average molecular weight is 325 g/mol. The highest BCUT2D eigenvalue weighted by Gasteiger charge is 2.13. The molecule has 0 aliphatic rings. The van der Waals surface area contributed by atoms with Gasteiger partial charge in [-0.2, -0.15) is 0 Å². The van der Waals surface area contributed by atoms with E-state index >= 15 is 0 Å². The summed E-state index contributed by atoms with van der Waals surface area (Å²) in [6, 6.07) is 11.6. The molecule has 0 saturated carbocycles.